The number of allylic oxidation sites excluding steroid dienone is 1. The average Bonchev–Trinajstić information content (AvgIpc) is 2.72. The minimum atomic E-state index is 0.721. The largest absolute Gasteiger partial charge is 0.357 e. The van der Waals surface area contributed by atoms with E-state index < -0.39 is 0 Å². The summed E-state index contributed by atoms with van der Waals surface area (Å²) in [7, 11) is 0. The molecular weight excluding hydrogens is 198 g/mol. The van der Waals surface area contributed by atoms with Gasteiger partial charge in [0.05, 0.1) is 6.54 Å². The van der Waals surface area contributed by atoms with Crippen molar-refractivity contribution in [2.75, 3.05) is 26.2 Å². The number of nitrogens with zero attached hydrogens (tertiary/aromatic N) is 2. The monoisotopic (exact) mass is 223 g/mol. The smallest absolute Gasteiger partial charge is 0.103 e. The maximum Gasteiger partial charge on any atom is 0.103 e. The predicted molar refractivity (Wildman–Crippen MR) is 70.8 cm³/mol. The summed E-state index contributed by atoms with van der Waals surface area (Å²) in [5.74, 6) is 1.22. The number of nitrogens with two attached hydrogens (primary N) is 1. The number of amidine groups is 1. The molecule has 1 rings (SSSR count). The first-order valence-corrected chi connectivity index (χ1v) is 6.51. The molecule has 0 unspecified atom stereocenters. The third-order valence-electron chi connectivity index (χ3n) is 2.87. The summed E-state index contributed by atoms with van der Waals surface area (Å²) in [5, 5.41) is 0. The van der Waals surface area contributed by atoms with Crippen LogP contribution >= 0.6 is 0 Å². The van der Waals surface area contributed by atoms with Crippen molar-refractivity contribution in [3.63, 3.8) is 0 Å². The van der Waals surface area contributed by atoms with Crippen molar-refractivity contribution in [3.05, 3.63) is 12.2 Å². The lowest BCUT2D eigenvalue weighted by Crippen LogP contribution is -2.32. The highest BCUT2D eigenvalue weighted by Crippen LogP contribution is 2.06. The highest BCUT2D eigenvalue weighted by molar-refractivity contribution is 5.85. The molecule has 0 saturated heterocycles. The Morgan fingerprint density at radius 2 is 2.25 bits per heavy atom. The lowest BCUT2D eigenvalue weighted by atomic mass is 10.2. The fraction of sp³-hybridized carbons (Fsp3) is 0.769. The lowest BCUT2D eigenvalue weighted by molar-refractivity contribution is 0.462. The summed E-state index contributed by atoms with van der Waals surface area (Å²) in [4.78, 5) is 6.81. The second-order valence-electron chi connectivity index (χ2n) is 4.24. The van der Waals surface area contributed by atoms with Crippen LogP contribution in [0.2, 0.25) is 0 Å². The van der Waals surface area contributed by atoms with Gasteiger partial charge < -0.3 is 10.6 Å². The van der Waals surface area contributed by atoms with Gasteiger partial charge in [-0.15, -0.1) is 0 Å². The Morgan fingerprint density at radius 3 is 3.00 bits per heavy atom. The van der Waals surface area contributed by atoms with Crippen molar-refractivity contribution >= 4 is 5.84 Å². The zero-order valence-electron chi connectivity index (χ0n) is 10.5. The molecule has 1 heterocycles. The molecule has 0 bridgehead atoms. The van der Waals surface area contributed by atoms with Gasteiger partial charge in [-0.1, -0.05) is 31.9 Å². The van der Waals surface area contributed by atoms with Gasteiger partial charge in [0.2, 0.25) is 0 Å². The number of hydrogen-bond donors (Lipinski definition) is 1. The van der Waals surface area contributed by atoms with E-state index in [1.807, 2.05) is 0 Å². The maximum absolute atomic E-state index is 5.57. The van der Waals surface area contributed by atoms with Crippen LogP contribution in [-0.2, 0) is 0 Å². The number of rotatable bonds is 8. The molecule has 2 N–H and O–H groups in total. The molecule has 0 aromatic rings. The summed E-state index contributed by atoms with van der Waals surface area (Å²) in [6.45, 7) is 5.90. The van der Waals surface area contributed by atoms with Crippen molar-refractivity contribution in [2.45, 2.75) is 39.0 Å². The lowest BCUT2D eigenvalue weighted by Gasteiger charge is -2.18. The summed E-state index contributed by atoms with van der Waals surface area (Å²) >= 11 is 0. The SMILES string of the molecule is CCCCC/C=C/CC1=NCCN1CCN. The van der Waals surface area contributed by atoms with Gasteiger partial charge in [-0.3, -0.25) is 4.99 Å². The van der Waals surface area contributed by atoms with Gasteiger partial charge in [0.25, 0.3) is 0 Å². The molecule has 0 aromatic carbocycles. The van der Waals surface area contributed by atoms with Crippen molar-refractivity contribution < 1.29 is 0 Å². The summed E-state index contributed by atoms with van der Waals surface area (Å²) in [5.41, 5.74) is 5.57. The first kappa shape index (κ1) is 13.2. The van der Waals surface area contributed by atoms with Crippen LogP contribution in [0.4, 0.5) is 0 Å². The molecule has 1 aliphatic heterocycles. The van der Waals surface area contributed by atoms with Crippen LogP contribution in [0.5, 0.6) is 0 Å². The van der Waals surface area contributed by atoms with E-state index in [9.17, 15) is 0 Å². The molecule has 3 heteroatoms. The Morgan fingerprint density at radius 1 is 1.38 bits per heavy atom. The van der Waals surface area contributed by atoms with Crippen molar-refractivity contribution in [3.8, 4) is 0 Å². The Balaban J connectivity index is 2.16. The van der Waals surface area contributed by atoms with Crippen LogP contribution in [-0.4, -0.2) is 36.9 Å². The predicted octanol–water partition coefficient (Wildman–Crippen LogP) is 2.19. The quantitative estimate of drug-likeness (QED) is 0.506. The highest BCUT2D eigenvalue weighted by Gasteiger charge is 2.13. The highest BCUT2D eigenvalue weighted by atomic mass is 15.2. The molecule has 0 aromatic heterocycles. The summed E-state index contributed by atoms with van der Waals surface area (Å²) < 4.78 is 0. The molecule has 0 radical (unpaired) electrons. The van der Waals surface area contributed by atoms with Crippen LogP contribution < -0.4 is 5.73 Å². The van der Waals surface area contributed by atoms with E-state index in [0.717, 1.165) is 32.6 Å². The van der Waals surface area contributed by atoms with Gasteiger partial charge in [0.1, 0.15) is 5.84 Å². The minimum absolute atomic E-state index is 0.721. The zero-order chi connectivity index (χ0) is 11.6. The third kappa shape index (κ3) is 4.79. The maximum atomic E-state index is 5.57. The molecule has 3 nitrogen and oxygen atoms in total. The second-order valence-corrected chi connectivity index (χ2v) is 4.24. The van der Waals surface area contributed by atoms with E-state index in [1.54, 1.807) is 0 Å². The zero-order valence-corrected chi connectivity index (χ0v) is 10.5. The third-order valence-corrected chi connectivity index (χ3v) is 2.87. The Hall–Kier alpha value is -0.830. The molecule has 0 amide bonds. The van der Waals surface area contributed by atoms with E-state index in [1.165, 1.54) is 31.5 Å². The molecule has 16 heavy (non-hydrogen) atoms. The molecule has 92 valence electrons. The van der Waals surface area contributed by atoms with Crippen LogP contribution in [0.3, 0.4) is 0 Å². The fourth-order valence-electron chi connectivity index (χ4n) is 1.94. The second kappa shape index (κ2) is 8.34. The van der Waals surface area contributed by atoms with Crippen LogP contribution in [0.25, 0.3) is 0 Å². The minimum Gasteiger partial charge on any atom is -0.357 e. The number of unbranched alkanes of at least 4 members (excludes halogenated alkanes) is 3. The Labute approximate surface area is 99.4 Å². The van der Waals surface area contributed by atoms with Gasteiger partial charge in [-0.05, 0) is 12.8 Å². The average molecular weight is 223 g/mol. The normalized spacial score (nSPS) is 16.1. The molecule has 1 aliphatic rings. The van der Waals surface area contributed by atoms with Gasteiger partial charge in [0, 0.05) is 26.1 Å². The first-order valence-electron chi connectivity index (χ1n) is 6.51. The van der Waals surface area contributed by atoms with Gasteiger partial charge in [0.15, 0.2) is 0 Å². The van der Waals surface area contributed by atoms with E-state index in [2.05, 4.69) is 29.0 Å². The topological polar surface area (TPSA) is 41.6 Å². The van der Waals surface area contributed by atoms with Crippen molar-refractivity contribution in [1.82, 2.24) is 4.90 Å². The molecule has 0 atom stereocenters. The Bertz CT molecular complexity index is 233. The van der Waals surface area contributed by atoms with E-state index in [4.69, 9.17) is 5.73 Å². The molecular formula is C13H25N3. The summed E-state index contributed by atoms with van der Waals surface area (Å²) in [6.07, 6.45) is 10.7. The molecule has 0 spiro atoms. The molecule has 0 saturated carbocycles. The van der Waals surface area contributed by atoms with Crippen molar-refractivity contribution in [2.24, 2.45) is 10.7 Å². The van der Waals surface area contributed by atoms with E-state index in [-0.39, 0.29) is 0 Å². The van der Waals surface area contributed by atoms with Gasteiger partial charge in [-0.2, -0.15) is 0 Å². The van der Waals surface area contributed by atoms with Gasteiger partial charge >= 0.3 is 0 Å². The van der Waals surface area contributed by atoms with Crippen LogP contribution in [0.15, 0.2) is 17.1 Å². The first-order chi connectivity index (χ1) is 7.88. The number of hydrogen-bond acceptors (Lipinski definition) is 3. The van der Waals surface area contributed by atoms with Crippen molar-refractivity contribution in [1.29, 1.82) is 0 Å². The van der Waals surface area contributed by atoms with E-state index >= 15 is 0 Å². The fourth-order valence-corrected chi connectivity index (χ4v) is 1.94. The van der Waals surface area contributed by atoms with Gasteiger partial charge in [-0.25, -0.2) is 0 Å². The molecule has 0 fully saturated rings. The Kier molecular flexibility index (Phi) is 6.90. The summed E-state index contributed by atoms with van der Waals surface area (Å²) in [6, 6.07) is 0. The van der Waals surface area contributed by atoms with E-state index in [0.29, 0.717) is 0 Å². The van der Waals surface area contributed by atoms with Crippen LogP contribution in [0.1, 0.15) is 39.0 Å². The molecule has 0 aliphatic carbocycles. The number of aliphatic imine (C=N–C) groups is 1. The standard InChI is InChI=1S/C13H25N3/c1-2-3-4-5-6-7-8-13-15-10-12-16(13)11-9-14/h6-7H,2-5,8-12,14H2,1H3/b7-6+. The van der Waals surface area contributed by atoms with Crippen LogP contribution in [0, 0.1) is 0 Å².